The molecular formula is C17H14O3. The number of rotatable bonds is 4. The minimum Gasteiger partial charge on any atom is -0.497 e. The lowest BCUT2D eigenvalue weighted by molar-refractivity contribution is 0.0993. The van der Waals surface area contributed by atoms with Gasteiger partial charge in [0, 0.05) is 22.9 Å². The van der Waals surface area contributed by atoms with Gasteiger partial charge in [-0.3, -0.25) is 4.79 Å². The number of benzene rings is 2. The predicted octanol–water partition coefficient (Wildman–Crippen LogP) is 3.87. The van der Waals surface area contributed by atoms with Crippen molar-refractivity contribution in [1.82, 2.24) is 0 Å². The number of ether oxygens (including phenoxy) is 1. The van der Waals surface area contributed by atoms with Gasteiger partial charge in [-0.05, 0) is 30.3 Å². The predicted molar refractivity (Wildman–Crippen MR) is 77.2 cm³/mol. The molecular weight excluding hydrogens is 252 g/mol. The van der Waals surface area contributed by atoms with Crippen molar-refractivity contribution < 1.29 is 13.9 Å². The molecule has 0 unspecified atom stereocenters. The van der Waals surface area contributed by atoms with Gasteiger partial charge in [0.2, 0.25) is 0 Å². The van der Waals surface area contributed by atoms with E-state index in [1.165, 1.54) is 0 Å². The first-order chi connectivity index (χ1) is 9.78. The van der Waals surface area contributed by atoms with Crippen molar-refractivity contribution in [3.05, 3.63) is 65.9 Å². The molecule has 0 N–H and O–H groups in total. The monoisotopic (exact) mass is 266 g/mol. The van der Waals surface area contributed by atoms with Crippen LogP contribution in [0, 0.1) is 0 Å². The van der Waals surface area contributed by atoms with Gasteiger partial charge in [-0.1, -0.05) is 18.2 Å². The summed E-state index contributed by atoms with van der Waals surface area (Å²) in [4.78, 5) is 12.3. The highest BCUT2D eigenvalue weighted by Crippen LogP contribution is 2.22. The van der Waals surface area contributed by atoms with E-state index in [4.69, 9.17) is 9.15 Å². The number of ketones is 1. The quantitative estimate of drug-likeness (QED) is 0.673. The van der Waals surface area contributed by atoms with Crippen LogP contribution in [0.2, 0.25) is 0 Å². The van der Waals surface area contributed by atoms with Crippen molar-refractivity contribution in [2.45, 2.75) is 6.42 Å². The maximum absolute atomic E-state index is 12.3. The van der Waals surface area contributed by atoms with Crippen LogP contribution >= 0.6 is 0 Å². The first-order valence-electron chi connectivity index (χ1n) is 6.40. The lowest BCUT2D eigenvalue weighted by atomic mass is 10.0. The molecule has 0 bridgehead atoms. The Balaban J connectivity index is 1.84. The van der Waals surface area contributed by atoms with E-state index in [9.17, 15) is 4.79 Å². The Kier molecular flexibility index (Phi) is 3.25. The van der Waals surface area contributed by atoms with Crippen LogP contribution in [0.4, 0.5) is 0 Å². The highest BCUT2D eigenvalue weighted by molar-refractivity contribution is 5.99. The third kappa shape index (κ3) is 2.30. The average molecular weight is 266 g/mol. The van der Waals surface area contributed by atoms with Gasteiger partial charge in [-0.25, -0.2) is 0 Å². The Bertz CT molecular complexity index is 738. The molecule has 0 spiro atoms. The van der Waals surface area contributed by atoms with Gasteiger partial charge in [0.05, 0.1) is 13.4 Å². The zero-order valence-electron chi connectivity index (χ0n) is 11.1. The highest BCUT2D eigenvalue weighted by atomic mass is 16.5. The molecule has 0 aliphatic rings. The molecule has 0 fully saturated rings. The third-order valence-electron chi connectivity index (χ3n) is 3.32. The number of fused-ring (bicyclic) bond motifs is 1. The molecule has 0 saturated heterocycles. The number of hydrogen-bond acceptors (Lipinski definition) is 3. The van der Waals surface area contributed by atoms with Gasteiger partial charge in [-0.15, -0.1) is 0 Å². The minimum atomic E-state index is 0.0687. The summed E-state index contributed by atoms with van der Waals surface area (Å²) in [5.41, 5.74) is 2.41. The molecule has 1 heterocycles. The van der Waals surface area contributed by atoms with Crippen LogP contribution in [0.1, 0.15) is 15.9 Å². The van der Waals surface area contributed by atoms with Crippen molar-refractivity contribution in [3.63, 3.8) is 0 Å². The minimum absolute atomic E-state index is 0.0687. The first-order valence-corrected chi connectivity index (χ1v) is 6.40. The number of Topliss-reactive ketones (excluding diaryl/α,β-unsaturated/α-hetero) is 1. The second-order valence-corrected chi connectivity index (χ2v) is 4.59. The largest absolute Gasteiger partial charge is 0.497 e. The van der Waals surface area contributed by atoms with E-state index < -0.39 is 0 Å². The topological polar surface area (TPSA) is 39.4 Å². The smallest absolute Gasteiger partial charge is 0.167 e. The van der Waals surface area contributed by atoms with Crippen molar-refractivity contribution >= 4 is 16.8 Å². The molecule has 0 amide bonds. The van der Waals surface area contributed by atoms with E-state index in [-0.39, 0.29) is 5.78 Å². The summed E-state index contributed by atoms with van der Waals surface area (Å²) in [6.45, 7) is 0. The molecule has 0 aliphatic heterocycles. The Morgan fingerprint density at radius 2 is 1.85 bits per heavy atom. The van der Waals surface area contributed by atoms with Crippen molar-refractivity contribution in [2.24, 2.45) is 0 Å². The number of hydrogen-bond donors (Lipinski definition) is 0. The summed E-state index contributed by atoms with van der Waals surface area (Å²) in [5.74, 6) is 0.814. The van der Waals surface area contributed by atoms with E-state index in [0.717, 1.165) is 22.3 Å². The lowest BCUT2D eigenvalue weighted by Gasteiger charge is -2.02. The highest BCUT2D eigenvalue weighted by Gasteiger charge is 2.11. The maximum atomic E-state index is 12.3. The van der Waals surface area contributed by atoms with Gasteiger partial charge in [-0.2, -0.15) is 0 Å². The standard InChI is InChI=1S/C17H14O3/c1-19-14-8-6-12(7-9-14)16(18)10-13-11-20-17-5-3-2-4-15(13)17/h2-9,11H,10H2,1H3. The van der Waals surface area contributed by atoms with Crippen LogP contribution in [0.15, 0.2) is 59.2 Å². The van der Waals surface area contributed by atoms with Crippen LogP contribution in [0.5, 0.6) is 5.75 Å². The molecule has 3 heteroatoms. The second-order valence-electron chi connectivity index (χ2n) is 4.59. The number of carbonyl (C=O) groups excluding carboxylic acids is 1. The molecule has 0 aliphatic carbocycles. The van der Waals surface area contributed by atoms with E-state index in [1.807, 2.05) is 24.3 Å². The number of para-hydroxylation sites is 1. The van der Waals surface area contributed by atoms with Crippen LogP contribution in [-0.2, 0) is 6.42 Å². The van der Waals surface area contributed by atoms with Gasteiger partial charge in [0.15, 0.2) is 5.78 Å². The molecule has 100 valence electrons. The Hall–Kier alpha value is -2.55. The number of methoxy groups -OCH3 is 1. The molecule has 1 aromatic heterocycles. The summed E-state index contributed by atoms with van der Waals surface area (Å²) < 4.78 is 10.5. The van der Waals surface area contributed by atoms with Gasteiger partial charge in [0.25, 0.3) is 0 Å². The van der Waals surface area contributed by atoms with E-state index >= 15 is 0 Å². The first kappa shape index (κ1) is 12.5. The molecule has 2 aromatic carbocycles. The van der Waals surface area contributed by atoms with Crippen molar-refractivity contribution in [1.29, 1.82) is 0 Å². The molecule has 0 saturated carbocycles. The molecule has 20 heavy (non-hydrogen) atoms. The van der Waals surface area contributed by atoms with Gasteiger partial charge < -0.3 is 9.15 Å². The Morgan fingerprint density at radius 1 is 1.10 bits per heavy atom. The van der Waals surface area contributed by atoms with Gasteiger partial charge in [0.1, 0.15) is 11.3 Å². The summed E-state index contributed by atoms with van der Waals surface area (Å²) in [6.07, 6.45) is 2.00. The zero-order chi connectivity index (χ0) is 13.9. The van der Waals surface area contributed by atoms with E-state index in [1.54, 1.807) is 37.6 Å². The van der Waals surface area contributed by atoms with Crippen molar-refractivity contribution in [2.75, 3.05) is 7.11 Å². The molecule has 3 aromatic rings. The molecule has 3 nitrogen and oxygen atoms in total. The fourth-order valence-electron chi connectivity index (χ4n) is 2.22. The van der Waals surface area contributed by atoms with Gasteiger partial charge >= 0.3 is 0 Å². The van der Waals surface area contributed by atoms with Crippen LogP contribution in [-0.4, -0.2) is 12.9 Å². The van der Waals surface area contributed by atoms with Crippen LogP contribution < -0.4 is 4.74 Å². The zero-order valence-corrected chi connectivity index (χ0v) is 11.1. The summed E-state index contributed by atoms with van der Waals surface area (Å²) in [6, 6.07) is 14.9. The summed E-state index contributed by atoms with van der Waals surface area (Å²) in [7, 11) is 1.61. The SMILES string of the molecule is COc1ccc(C(=O)Cc2coc3ccccc23)cc1. The van der Waals surface area contributed by atoms with E-state index in [0.29, 0.717) is 12.0 Å². The van der Waals surface area contributed by atoms with E-state index in [2.05, 4.69) is 0 Å². The average Bonchev–Trinajstić information content (AvgIpc) is 2.91. The lowest BCUT2D eigenvalue weighted by Crippen LogP contribution is -2.02. The Labute approximate surface area is 116 Å². The molecule has 0 atom stereocenters. The maximum Gasteiger partial charge on any atom is 0.167 e. The number of carbonyl (C=O) groups is 1. The normalized spacial score (nSPS) is 10.7. The third-order valence-corrected chi connectivity index (χ3v) is 3.32. The fourth-order valence-corrected chi connectivity index (χ4v) is 2.22. The second kappa shape index (κ2) is 5.21. The molecule has 0 radical (unpaired) electrons. The Morgan fingerprint density at radius 3 is 2.60 bits per heavy atom. The van der Waals surface area contributed by atoms with Crippen LogP contribution in [0.25, 0.3) is 11.0 Å². The van der Waals surface area contributed by atoms with Crippen LogP contribution in [0.3, 0.4) is 0 Å². The number of furan rings is 1. The summed E-state index contributed by atoms with van der Waals surface area (Å²) >= 11 is 0. The fraction of sp³-hybridized carbons (Fsp3) is 0.118. The molecule has 3 rings (SSSR count). The summed E-state index contributed by atoms with van der Waals surface area (Å²) in [5, 5.41) is 0.995. The van der Waals surface area contributed by atoms with Crippen molar-refractivity contribution in [3.8, 4) is 5.75 Å².